The highest BCUT2D eigenvalue weighted by Crippen LogP contribution is 2.49. The lowest BCUT2D eigenvalue weighted by Gasteiger charge is -2.23. The van der Waals surface area contributed by atoms with Crippen molar-refractivity contribution in [2.75, 3.05) is 11.7 Å². The average molecular weight is 499 g/mol. The highest BCUT2D eigenvalue weighted by Gasteiger charge is 2.39. The van der Waals surface area contributed by atoms with Gasteiger partial charge in [-0.15, -0.1) is 0 Å². The molecule has 4 atom stereocenters. The van der Waals surface area contributed by atoms with Crippen LogP contribution >= 0.6 is 7.75 Å². The highest BCUT2D eigenvalue weighted by molar-refractivity contribution is 7.55. The molecule has 35 heavy (non-hydrogen) atoms. The zero-order chi connectivity index (χ0) is 24.8. The van der Waals surface area contributed by atoms with E-state index in [0.29, 0.717) is 17.0 Å². The Morgan fingerprint density at radius 2 is 2.03 bits per heavy atom. The molecule has 0 saturated carbocycles. The fraction of sp³-hybridized carbons (Fsp3) is 0.286. The van der Waals surface area contributed by atoms with Gasteiger partial charge >= 0.3 is 13.4 Å². The molecule has 1 aromatic carbocycles. The van der Waals surface area contributed by atoms with Crippen molar-refractivity contribution in [3.63, 3.8) is 0 Å². The van der Waals surface area contributed by atoms with Gasteiger partial charge in [-0.1, -0.05) is 23.3 Å². The molecule has 2 aromatic heterocycles. The topological polar surface area (TPSA) is 173 Å². The number of aryl methyl sites for hydroxylation is 1. The Balaban J connectivity index is 1.55. The molecule has 4 rings (SSSR count). The number of rotatable bonds is 9. The van der Waals surface area contributed by atoms with Gasteiger partial charge in [-0.25, -0.2) is 9.36 Å². The maximum absolute atomic E-state index is 13.6. The van der Waals surface area contributed by atoms with Crippen molar-refractivity contribution in [3.05, 3.63) is 97.9 Å². The van der Waals surface area contributed by atoms with Gasteiger partial charge in [-0.05, 0) is 36.7 Å². The number of hydrogen-bond donors (Lipinski definition) is 2. The zero-order valence-corrected chi connectivity index (χ0v) is 19.4. The minimum Gasteiger partial charge on any atom is -0.409 e. The molecule has 0 aliphatic carbocycles. The first-order valence-corrected chi connectivity index (χ1v) is 12.1. The molecule has 0 bridgehead atoms. The molecule has 3 aromatic rings. The summed E-state index contributed by atoms with van der Waals surface area (Å²) in [5.74, 6) is 0.310. The van der Waals surface area contributed by atoms with Gasteiger partial charge in [0.25, 0.3) is 5.56 Å². The number of nitrogens with one attached hydrogen (secondary N) is 2. The summed E-state index contributed by atoms with van der Waals surface area (Å²) in [4.78, 5) is 33.0. The molecule has 182 valence electrons. The molecule has 13 nitrogen and oxygen atoms in total. The normalized spacial score (nSPS) is 21.0. The Labute approximate surface area is 198 Å². The molecule has 1 saturated heterocycles. The summed E-state index contributed by atoms with van der Waals surface area (Å²) in [6.45, 7) is 1.27. The Bertz CT molecular complexity index is 1330. The number of ether oxygens (including phenoxy) is 1. The number of H-pyrrole nitrogens is 1. The lowest BCUT2D eigenvalue weighted by Crippen LogP contribution is -2.33. The monoisotopic (exact) mass is 499 g/mol. The van der Waals surface area contributed by atoms with Crippen LogP contribution in [0.25, 0.3) is 10.4 Å². The van der Waals surface area contributed by atoms with Crippen molar-refractivity contribution in [1.29, 1.82) is 0 Å². The molecule has 1 unspecified atom stereocenters. The van der Waals surface area contributed by atoms with E-state index in [1.54, 1.807) is 49.4 Å². The molecule has 0 spiro atoms. The lowest BCUT2D eigenvalue weighted by molar-refractivity contribution is -0.0234. The van der Waals surface area contributed by atoms with Crippen molar-refractivity contribution in [1.82, 2.24) is 14.5 Å². The van der Waals surface area contributed by atoms with Crippen LogP contribution in [0.1, 0.15) is 18.2 Å². The predicted octanol–water partition coefficient (Wildman–Crippen LogP) is 3.52. The summed E-state index contributed by atoms with van der Waals surface area (Å²) in [6.07, 6.45) is 2.87. The number of hydrogen-bond acceptors (Lipinski definition) is 8. The molecule has 1 aliphatic heterocycles. The van der Waals surface area contributed by atoms with E-state index in [1.165, 1.54) is 23.2 Å². The number of nitrogens with zero attached hydrogens (tertiary/aromatic N) is 5. The third-order valence-corrected chi connectivity index (χ3v) is 6.66. The van der Waals surface area contributed by atoms with E-state index >= 15 is 0 Å². The maximum atomic E-state index is 13.6. The van der Waals surface area contributed by atoms with Crippen LogP contribution in [0.5, 0.6) is 5.75 Å². The van der Waals surface area contributed by atoms with Gasteiger partial charge < -0.3 is 9.26 Å². The quantitative estimate of drug-likeness (QED) is 0.195. The summed E-state index contributed by atoms with van der Waals surface area (Å²) in [6, 6.07) is 10.9. The molecule has 0 amide bonds. The number of aromatic nitrogens is 3. The first kappa shape index (κ1) is 24.2. The molecular weight excluding hydrogens is 477 g/mol. The van der Waals surface area contributed by atoms with Gasteiger partial charge in [0.2, 0.25) is 0 Å². The van der Waals surface area contributed by atoms with E-state index in [2.05, 4.69) is 25.1 Å². The van der Waals surface area contributed by atoms with Crippen LogP contribution in [-0.2, 0) is 13.8 Å². The minimum absolute atomic E-state index is 0.144. The van der Waals surface area contributed by atoms with E-state index in [9.17, 15) is 14.2 Å². The van der Waals surface area contributed by atoms with Crippen molar-refractivity contribution in [2.45, 2.75) is 31.7 Å². The number of benzene rings is 1. The number of pyridine rings is 1. The first-order chi connectivity index (χ1) is 16.9. The second-order valence-electron chi connectivity index (χ2n) is 7.66. The van der Waals surface area contributed by atoms with Gasteiger partial charge in [0, 0.05) is 41.2 Å². The van der Waals surface area contributed by atoms with Crippen LogP contribution in [0, 0.1) is 6.92 Å². The van der Waals surface area contributed by atoms with Crippen molar-refractivity contribution in [3.8, 4) is 5.75 Å². The van der Waals surface area contributed by atoms with Crippen molar-refractivity contribution in [2.24, 2.45) is 5.11 Å². The molecular formula is C21H22N7O6P. The average Bonchev–Trinajstić information content (AvgIpc) is 3.24. The zero-order valence-electron chi connectivity index (χ0n) is 18.6. The summed E-state index contributed by atoms with van der Waals surface area (Å²) in [7, 11) is -3.99. The molecule has 0 radical (unpaired) electrons. The van der Waals surface area contributed by atoms with Gasteiger partial charge in [-0.2, -0.15) is 0 Å². The predicted molar refractivity (Wildman–Crippen MR) is 126 cm³/mol. The van der Waals surface area contributed by atoms with Crippen molar-refractivity contribution < 1.29 is 18.3 Å². The Morgan fingerprint density at radius 1 is 1.29 bits per heavy atom. The minimum atomic E-state index is -3.99. The van der Waals surface area contributed by atoms with E-state index in [0.717, 1.165) is 0 Å². The second-order valence-corrected chi connectivity index (χ2v) is 9.32. The lowest BCUT2D eigenvalue weighted by atomic mass is 10.1. The van der Waals surface area contributed by atoms with E-state index in [4.69, 9.17) is 19.3 Å². The smallest absolute Gasteiger partial charge is 0.409 e. The summed E-state index contributed by atoms with van der Waals surface area (Å²) in [5.41, 5.74) is 8.60. The highest BCUT2D eigenvalue weighted by atomic mass is 31.2. The van der Waals surface area contributed by atoms with Crippen LogP contribution in [0.2, 0.25) is 0 Å². The van der Waals surface area contributed by atoms with Crippen LogP contribution in [0.4, 0.5) is 5.69 Å². The third-order valence-electron chi connectivity index (χ3n) is 5.18. The standard InChI is InChI=1S/C21H22N7O6P/c1-14-12-28(21(30)24-20(14)29)19-11-17(25-27-22)18(33-19)13-32-35(31,26-15-7-9-23-10-8-15)34-16-5-3-2-4-6-16/h2-10,12,17-19H,11,13H2,1H3,(H,23,26,31)(H,24,29,30)/t17-,18+,19+,35?/m0/s1. The molecule has 1 fully saturated rings. The molecule has 3 heterocycles. The number of para-hydroxylation sites is 1. The van der Waals surface area contributed by atoms with E-state index in [1.807, 2.05) is 0 Å². The largest absolute Gasteiger partial charge is 0.486 e. The molecule has 14 heteroatoms. The fourth-order valence-electron chi connectivity index (χ4n) is 3.48. The first-order valence-electron chi connectivity index (χ1n) is 10.6. The van der Waals surface area contributed by atoms with Crippen LogP contribution in [0.3, 0.4) is 0 Å². The van der Waals surface area contributed by atoms with E-state index in [-0.39, 0.29) is 13.0 Å². The van der Waals surface area contributed by atoms with Crippen LogP contribution in [0.15, 0.2) is 75.8 Å². The molecule has 2 N–H and O–H groups in total. The third kappa shape index (κ3) is 5.97. The summed E-state index contributed by atoms with van der Waals surface area (Å²) < 4.78 is 32.1. The molecule has 1 aliphatic rings. The fourth-order valence-corrected chi connectivity index (χ4v) is 4.85. The Hall–Kier alpha value is -3.89. The SMILES string of the molecule is Cc1cn([C@H]2C[C@H](N=[N+]=[N-])[C@@H](COP(=O)(Nc3ccncc3)Oc3ccccc3)O2)c(=O)[nH]c1=O. The second kappa shape index (κ2) is 10.6. The summed E-state index contributed by atoms with van der Waals surface area (Å²) in [5, 5.41) is 6.51. The maximum Gasteiger partial charge on any atom is 0.486 e. The van der Waals surface area contributed by atoms with Gasteiger partial charge in [-0.3, -0.25) is 28.9 Å². The number of anilines is 1. The Kier molecular flexibility index (Phi) is 7.33. The van der Waals surface area contributed by atoms with Crippen LogP contribution in [-0.4, -0.2) is 33.3 Å². The van der Waals surface area contributed by atoms with Crippen molar-refractivity contribution >= 4 is 13.4 Å². The Morgan fingerprint density at radius 3 is 2.74 bits per heavy atom. The number of aromatic amines is 1. The summed E-state index contributed by atoms with van der Waals surface area (Å²) >= 11 is 0. The van der Waals surface area contributed by atoms with Gasteiger partial charge in [0.05, 0.1) is 18.8 Å². The van der Waals surface area contributed by atoms with Gasteiger partial charge in [0.15, 0.2) is 0 Å². The number of azide groups is 1. The van der Waals surface area contributed by atoms with E-state index < -0.39 is 37.4 Å². The van der Waals surface area contributed by atoms with Crippen LogP contribution < -0.4 is 20.9 Å². The van der Waals surface area contributed by atoms with Gasteiger partial charge in [0.1, 0.15) is 12.0 Å².